The van der Waals surface area contributed by atoms with E-state index in [0.717, 1.165) is 27.5 Å². The van der Waals surface area contributed by atoms with Crippen LogP contribution in [0.25, 0.3) is 0 Å². The highest BCUT2D eigenvalue weighted by Crippen LogP contribution is 2.33. The van der Waals surface area contributed by atoms with E-state index in [9.17, 15) is 5.11 Å². The van der Waals surface area contributed by atoms with Crippen molar-refractivity contribution < 1.29 is 9.84 Å². The van der Waals surface area contributed by atoms with Gasteiger partial charge in [0, 0.05) is 10.6 Å². The molecule has 0 unspecified atom stereocenters. The molecule has 0 saturated heterocycles. The molecule has 0 aliphatic rings. The molecule has 106 valence electrons. The van der Waals surface area contributed by atoms with Crippen LogP contribution in [0.5, 0.6) is 11.5 Å². The summed E-state index contributed by atoms with van der Waals surface area (Å²) in [6.45, 7) is 5.85. The predicted molar refractivity (Wildman–Crippen MR) is 82.7 cm³/mol. The second kappa shape index (κ2) is 6.29. The van der Waals surface area contributed by atoms with Crippen LogP contribution in [0.1, 0.15) is 36.1 Å². The van der Waals surface area contributed by atoms with Crippen LogP contribution >= 0.6 is 11.6 Å². The van der Waals surface area contributed by atoms with Crippen molar-refractivity contribution in [3.63, 3.8) is 0 Å². The van der Waals surface area contributed by atoms with Gasteiger partial charge < -0.3 is 9.84 Å². The molecular weight excluding hydrogens is 272 g/mol. The average Bonchev–Trinajstić information content (AvgIpc) is 2.44. The SMILES string of the molecule is CC[C@@H](O)c1ccccc1Oc1cc(C)c(Cl)c(C)c1. The number of benzene rings is 2. The topological polar surface area (TPSA) is 29.5 Å². The molecule has 1 atom stereocenters. The zero-order valence-electron chi connectivity index (χ0n) is 12.0. The number of halogens is 1. The van der Waals surface area contributed by atoms with E-state index in [0.29, 0.717) is 12.2 Å². The van der Waals surface area contributed by atoms with Gasteiger partial charge in [-0.2, -0.15) is 0 Å². The number of ether oxygens (including phenoxy) is 1. The molecule has 0 bridgehead atoms. The van der Waals surface area contributed by atoms with E-state index < -0.39 is 6.10 Å². The van der Waals surface area contributed by atoms with Gasteiger partial charge in [-0.05, 0) is 49.6 Å². The van der Waals surface area contributed by atoms with Gasteiger partial charge in [-0.25, -0.2) is 0 Å². The molecule has 0 aromatic heterocycles. The van der Waals surface area contributed by atoms with Gasteiger partial charge in [-0.1, -0.05) is 36.7 Å². The Balaban J connectivity index is 2.35. The molecule has 0 heterocycles. The van der Waals surface area contributed by atoms with Gasteiger partial charge in [0.05, 0.1) is 6.10 Å². The largest absolute Gasteiger partial charge is 0.457 e. The molecule has 2 rings (SSSR count). The normalized spacial score (nSPS) is 12.2. The fourth-order valence-corrected chi connectivity index (χ4v) is 2.27. The summed E-state index contributed by atoms with van der Waals surface area (Å²) in [6, 6.07) is 11.4. The van der Waals surface area contributed by atoms with E-state index in [1.807, 2.05) is 57.2 Å². The number of hydrogen-bond acceptors (Lipinski definition) is 2. The lowest BCUT2D eigenvalue weighted by Crippen LogP contribution is -1.99. The van der Waals surface area contributed by atoms with Crippen LogP contribution < -0.4 is 4.74 Å². The van der Waals surface area contributed by atoms with E-state index >= 15 is 0 Å². The monoisotopic (exact) mass is 290 g/mol. The molecule has 3 heteroatoms. The number of hydrogen-bond donors (Lipinski definition) is 1. The summed E-state index contributed by atoms with van der Waals surface area (Å²) in [7, 11) is 0. The van der Waals surface area contributed by atoms with Gasteiger partial charge in [0.25, 0.3) is 0 Å². The molecule has 0 aliphatic heterocycles. The summed E-state index contributed by atoms with van der Waals surface area (Å²) >= 11 is 6.16. The highest BCUT2D eigenvalue weighted by molar-refractivity contribution is 6.32. The Hall–Kier alpha value is -1.51. The fraction of sp³-hybridized carbons (Fsp3) is 0.294. The molecule has 2 aromatic rings. The summed E-state index contributed by atoms with van der Waals surface area (Å²) in [4.78, 5) is 0. The van der Waals surface area contributed by atoms with Crippen LogP contribution in [0.3, 0.4) is 0 Å². The van der Waals surface area contributed by atoms with Crippen molar-refractivity contribution in [2.75, 3.05) is 0 Å². The van der Waals surface area contributed by atoms with Crippen molar-refractivity contribution in [1.82, 2.24) is 0 Å². The predicted octanol–water partition coefficient (Wildman–Crippen LogP) is 5.19. The van der Waals surface area contributed by atoms with Crippen molar-refractivity contribution >= 4 is 11.6 Å². The van der Waals surface area contributed by atoms with Crippen molar-refractivity contribution in [3.8, 4) is 11.5 Å². The third kappa shape index (κ3) is 3.14. The van der Waals surface area contributed by atoms with Gasteiger partial charge >= 0.3 is 0 Å². The number of aryl methyl sites for hydroxylation is 2. The molecule has 20 heavy (non-hydrogen) atoms. The van der Waals surface area contributed by atoms with E-state index in [1.165, 1.54) is 0 Å². The maximum atomic E-state index is 10.0. The van der Waals surface area contributed by atoms with Crippen LogP contribution in [0.15, 0.2) is 36.4 Å². The first kappa shape index (κ1) is 14.9. The van der Waals surface area contributed by atoms with E-state index in [2.05, 4.69) is 0 Å². The van der Waals surface area contributed by atoms with Crippen LogP contribution in [0.4, 0.5) is 0 Å². The number of para-hydroxylation sites is 1. The van der Waals surface area contributed by atoms with Crippen LogP contribution in [-0.4, -0.2) is 5.11 Å². The second-order valence-corrected chi connectivity index (χ2v) is 5.31. The highest BCUT2D eigenvalue weighted by Gasteiger charge is 2.12. The van der Waals surface area contributed by atoms with Crippen LogP contribution in [0, 0.1) is 13.8 Å². The smallest absolute Gasteiger partial charge is 0.133 e. The summed E-state index contributed by atoms with van der Waals surface area (Å²) in [5.41, 5.74) is 2.77. The minimum Gasteiger partial charge on any atom is -0.457 e. The van der Waals surface area contributed by atoms with Crippen molar-refractivity contribution in [2.45, 2.75) is 33.3 Å². The van der Waals surface area contributed by atoms with Gasteiger partial charge in [0.15, 0.2) is 0 Å². The van der Waals surface area contributed by atoms with Crippen molar-refractivity contribution in [3.05, 3.63) is 58.1 Å². The first-order valence-corrected chi connectivity index (χ1v) is 7.12. The molecule has 0 spiro atoms. The lowest BCUT2D eigenvalue weighted by Gasteiger charge is -2.15. The van der Waals surface area contributed by atoms with E-state index in [4.69, 9.17) is 16.3 Å². The Morgan fingerprint density at radius 2 is 1.75 bits per heavy atom. The second-order valence-electron chi connectivity index (χ2n) is 4.93. The minimum absolute atomic E-state index is 0.513. The number of aliphatic hydroxyl groups excluding tert-OH is 1. The van der Waals surface area contributed by atoms with Crippen LogP contribution in [0.2, 0.25) is 5.02 Å². The molecular formula is C17H19ClO2. The average molecular weight is 291 g/mol. The summed E-state index contributed by atoms with van der Waals surface area (Å²) in [5.74, 6) is 1.42. The molecule has 0 radical (unpaired) electrons. The Morgan fingerprint density at radius 3 is 2.35 bits per heavy atom. The van der Waals surface area contributed by atoms with Crippen LogP contribution in [-0.2, 0) is 0 Å². The number of aliphatic hydroxyl groups is 1. The molecule has 0 amide bonds. The molecule has 1 N–H and O–H groups in total. The Morgan fingerprint density at radius 1 is 1.15 bits per heavy atom. The van der Waals surface area contributed by atoms with Gasteiger partial charge in [-0.15, -0.1) is 0 Å². The lowest BCUT2D eigenvalue weighted by molar-refractivity contribution is 0.170. The molecule has 2 nitrogen and oxygen atoms in total. The quantitative estimate of drug-likeness (QED) is 0.839. The fourth-order valence-electron chi connectivity index (χ4n) is 2.16. The molecule has 2 aromatic carbocycles. The number of rotatable bonds is 4. The first-order chi connectivity index (χ1) is 9.52. The molecule has 0 saturated carbocycles. The maximum absolute atomic E-state index is 10.0. The summed E-state index contributed by atoms with van der Waals surface area (Å²) in [6.07, 6.45) is 0.139. The van der Waals surface area contributed by atoms with Gasteiger partial charge in [-0.3, -0.25) is 0 Å². The highest BCUT2D eigenvalue weighted by atomic mass is 35.5. The Kier molecular flexibility index (Phi) is 4.69. The van der Waals surface area contributed by atoms with Crippen molar-refractivity contribution in [1.29, 1.82) is 0 Å². The standard InChI is InChI=1S/C17H19ClO2/c1-4-15(19)14-7-5-6-8-16(14)20-13-9-11(2)17(18)12(3)10-13/h5-10,15,19H,4H2,1-3H3/t15-/m1/s1. The van der Waals surface area contributed by atoms with Crippen molar-refractivity contribution in [2.24, 2.45) is 0 Å². The third-order valence-electron chi connectivity index (χ3n) is 3.30. The zero-order valence-corrected chi connectivity index (χ0v) is 12.7. The summed E-state index contributed by atoms with van der Waals surface area (Å²) < 4.78 is 5.93. The van der Waals surface area contributed by atoms with Gasteiger partial charge in [0.2, 0.25) is 0 Å². The zero-order chi connectivity index (χ0) is 14.7. The minimum atomic E-state index is -0.513. The Labute approximate surface area is 125 Å². The van der Waals surface area contributed by atoms with Gasteiger partial charge in [0.1, 0.15) is 11.5 Å². The lowest BCUT2D eigenvalue weighted by atomic mass is 10.1. The third-order valence-corrected chi connectivity index (χ3v) is 3.90. The molecule has 0 fully saturated rings. The Bertz CT molecular complexity index is 585. The summed E-state index contributed by atoms with van der Waals surface area (Å²) in [5, 5.41) is 10.8. The van der Waals surface area contributed by atoms with E-state index in [1.54, 1.807) is 0 Å². The van der Waals surface area contributed by atoms with E-state index in [-0.39, 0.29) is 0 Å². The molecule has 0 aliphatic carbocycles. The first-order valence-electron chi connectivity index (χ1n) is 6.74. The maximum Gasteiger partial charge on any atom is 0.133 e.